The Labute approximate surface area is 142 Å². The van der Waals surface area contributed by atoms with Crippen LogP contribution in [0.3, 0.4) is 0 Å². The van der Waals surface area contributed by atoms with Gasteiger partial charge in [0.2, 0.25) is 0 Å². The van der Waals surface area contributed by atoms with E-state index < -0.39 is 5.97 Å². The Kier molecular flexibility index (Phi) is 7.82. The molecule has 118 valence electrons. The summed E-state index contributed by atoms with van der Waals surface area (Å²) in [4.78, 5) is 14.4. The Morgan fingerprint density at radius 3 is 2.57 bits per heavy atom. The van der Waals surface area contributed by atoms with Gasteiger partial charge in [0.1, 0.15) is 6.10 Å². The van der Waals surface area contributed by atoms with Gasteiger partial charge in [0.15, 0.2) is 0 Å². The quantitative estimate of drug-likeness (QED) is 0.759. The van der Waals surface area contributed by atoms with Gasteiger partial charge in [0.25, 0.3) is 0 Å². The summed E-state index contributed by atoms with van der Waals surface area (Å²) < 4.78 is 5.45. The second-order valence-corrected chi connectivity index (χ2v) is 6.04. The highest BCUT2D eigenvalue weighted by Gasteiger charge is 2.18. The molecule has 6 heteroatoms. The third kappa shape index (κ3) is 5.67. The molecule has 0 saturated carbocycles. The van der Waals surface area contributed by atoms with Crippen molar-refractivity contribution in [1.29, 1.82) is 0 Å². The lowest BCUT2D eigenvalue weighted by Crippen LogP contribution is -3.00. The van der Waals surface area contributed by atoms with E-state index in [0.717, 1.165) is 19.6 Å². The van der Waals surface area contributed by atoms with Gasteiger partial charge in [0.05, 0.1) is 10.6 Å². The summed E-state index contributed by atoms with van der Waals surface area (Å²) in [5.41, 5.74) is 0.363. The van der Waals surface area contributed by atoms with Crippen LogP contribution < -0.4 is 12.4 Å². The molecule has 2 rings (SSSR count). The van der Waals surface area contributed by atoms with E-state index in [1.165, 1.54) is 19.3 Å². The number of likely N-dealkylation sites (tertiary alicyclic amines) is 1. The molecule has 3 nitrogen and oxygen atoms in total. The van der Waals surface area contributed by atoms with Gasteiger partial charge in [-0.05, 0) is 51.1 Å². The van der Waals surface area contributed by atoms with E-state index in [2.05, 4.69) is 4.90 Å². The van der Waals surface area contributed by atoms with Crippen LogP contribution in [0, 0.1) is 0 Å². The lowest BCUT2D eigenvalue weighted by atomic mass is 10.1. The lowest BCUT2D eigenvalue weighted by molar-refractivity contribution is -0.0000439. The van der Waals surface area contributed by atoms with E-state index >= 15 is 0 Å². The van der Waals surface area contributed by atoms with Crippen LogP contribution in [0.2, 0.25) is 10.0 Å². The first-order chi connectivity index (χ1) is 9.56. The maximum Gasteiger partial charge on any atom is 0.339 e. The fraction of sp³-hybridized carbons (Fsp3) is 0.533. The van der Waals surface area contributed by atoms with Gasteiger partial charge in [0, 0.05) is 11.6 Å². The molecule has 1 aliphatic heterocycles. The zero-order valence-corrected chi connectivity index (χ0v) is 14.2. The molecule has 1 aliphatic rings. The molecule has 21 heavy (non-hydrogen) atoms. The molecule has 1 fully saturated rings. The van der Waals surface area contributed by atoms with E-state index in [4.69, 9.17) is 27.9 Å². The summed E-state index contributed by atoms with van der Waals surface area (Å²) in [5, 5.41) is 0.834. The zero-order valence-electron chi connectivity index (χ0n) is 11.9. The van der Waals surface area contributed by atoms with Crippen LogP contribution in [-0.2, 0) is 4.74 Å². The molecule has 1 saturated heterocycles. The number of piperidine rings is 1. The summed E-state index contributed by atoms with van der Waals surface area (Å²) in [5.74, 6) is -0.392. The third-order valence-electron chi connectivity index (χ3n) is 3.42. The van der Waals surface area contributed by atoms with Crippen LogP contribution in [0.1, 0.15) is 36.5 Å². The van der Waals surface area contributed by atoms with Gasteiger partial charge in [-0.25, -0.2) is 4.79 Å². The van der Waals surface area contributed by atoms with Crippen molar-refractivity contribution in [1.82, 2.24) is 4.90 Å². The molecule has 1 aromatic rings. The van der Waals surface area contributed by atoms with E-state index in [9.17, 15) is 4.79 Å². The van der Waals surface area contributed by atoms with Crippen molar-refractivity contribution in [2.24, 2.45) is 0 Å². The average molecular weight is 352 g/mol. The number of hydrogen-bond acceptors (Lipinski definition) is 3. The third-order valence-corrected chi connectivity index (χ3v) is 3.97. The van der Waals surface area contributed by atoms with Crippen LogP contribution >= 0.6 is 23.2 Å². The summed E-state index contributed by atoms with van der Waals surface area (Å²) >= 11 is 11.8. The standard InChI is InChI=1S/C15H19Cl2NO2.ClH/c1-11(10-18-7-3-2-4-8-18)20-15(19)13-6-5-12(16)9-14(13)17;/h5-6,9,11H,2-4,7-8,10H2,1H3;1H/p-1. The number of rotatable bonds is 4. The summed E-state index contributed by atoms with van der Waals surface area (Å²) in [6, 6.07) is 4.79. The number of carbonyl (C=O) groups is 1. The number of esters is 1. The molecule has 1 unspecified atom stereocenters. The van der Waals surface area contributed by atoms with Crippen molar-refractivity contribution in [3.05, 3.63) is 33.8 Å². The van der Waals surface area contributed by atoms with Crippen molar-refractivity contribution in [2.45, 2.75) is 32.3 Å². The number of nitrogens with zero attached hydrogens (tertiary/aromatic N) is 1. The Morgan fingerprint density at radius 1 is 1.29 bits per heavy atom. The van der Waals surface area contributed by atoms with Crippen LogP contribution in [0.15, 0.2) is 18.2 Å². The Bertz CT molecular complexity index is 476. The predicted octanol–water partition coefficient (Wildman–Crippen LogP) is 1.03. The van der Waals surface area contributed by atoms with Crippen molar-refractivity contribution >= 4 is 29.2 Å². The molecule has 0 N–H and O–H groups in total. The second-order valence-electron chi connectivity index (χ2n) is 5.20. The summed E-state index contributed by atoms with van der Waals surface area (Å²) in [7, 11) is 0. The monoisotopic (exact) mass is 350 g/mol. The Hall–Kier alpha value is -0.480. The first-order valence-corrected chi connectivity index (χ1v) is 7.70. The van der Waals surface area contributed by atoms with Crippen molar-refractivity contribution in [3.63, 3.8) is 0 Å². The molecule has 1 heterocycles. The van der Waals surface area contributed by atoms with Crippen molar-refractivity contribution in [3.8, 4) is 0 Å². The molecule has 0 spiro atoms. The minimum absolute atomic E-state index is 0. The van der Waals surface area contributed by atoms with Crippen LogP contribution in [0.5, 0.6) is 0 Å². The second kappa shape index (κ2) is 8.84. The first-order valence-electron chi connectivity index (χ1n) is 6.94. The maximum absolute atomic E-state index is 12.1. The number of carbonyl (C=O) groups excluding carboxylic acids is 1. The van der Waals surface area contributed by atoms with Gasteiger partial charge >= 0.3 is 5.97 Å². The van der Waals surface area contributed by atoms with E-state index in [1.54, 1.807) is 18.2 Å². The number of ether oxygens (including phenoxy) is 1. The molecule has 1 aromatic carbocycles. The highest BCUT2D eigenvalue weighted by atomic mass is 35.5. The molecular formula is C15H19Cl3NO2-. The van der Waals surface area contributed by atoms with Gasteiger partial charge in [-0.15, -0.1) is 0 Å². The normalized spacial score (nSPS) is 16.9. The fourth-order valence-corrected chi connectivity index (χ4v) is 2.93. The SMILES string of the molecule is CC(CN1CCCCC1)OC(=O)c1ccc(Cl)cc1Cl.[Cl-]. The summed E-state index contributed by atoms with van der Waals surface area (Å²) in [6.07, 6.45) is 3.60. The largest absolute Gasteiger partial charge is 1.00 e. The highest BCUT2D eigenvalue weighted by molar-refractivity contribution is 6.36. The van der Waals surface area contributed by atoms with Gasteiger partial charge in [-0.2, -0.15) is 0 Å². The van der Waals surface area contributed by atoms with Crippen LogP contribution in [0.4, 0.5) is 0 Å². The molecule has 0 aromatic heterocycles. The fourth-order valence-electron chi connectivity index (χ4n) is 2.44. The Morgan fingerprint density at radius 2 is 1.95 bits per heavy atom. The van der Waals surface area contributed by atoms with Gasteiger partial charge < -0.3 is 17.1 Å². The van der Waals surface area contributed by atoms with Gasteiger partial charge in [-0.3, -0.25) is 4.90 Å². The highest BCUT2D eigenvalue weighted by Crippen LogP contribution is 2.22. The molecule has 0 amide bonds. The van der Waals surface area contributed by atoms with E-state index in [-0.39, 0.29) is 18.5 Å². The van der Waals surface area contributed by atoms with Crippen molar-refractivity contribution in [2.75, 3.05) is 19.6 Å². The average Bonchev–Trinajstić information content (AvgIpc) is 2.39. The topological polar surface area (TPSA) is 29.5 Å². The number of benzene rings is 1. The maximum atomic E-state index is 12.1. The Balaban J connectivity index is 0.00000220. The molecule has 0 aliphatic carbocycles. The first kappa shape index (κ1) is 18.6. The predicted molar refractivity (Wildman–Crippen MR) is 81.6 cm³/mol. The van der Waals surface area contributed by atoms with Crippen LogP contribution in [0.25, 0.3) is 0 Å². The molecule has 0 bridgehead atoms. The molecule has 1 atom stereocenters. The summed E-state index contributed by atoms with van der Waals surface area (Å²) in [6.45, 7) is 4.86. The molecule has 0 radical (unpaired) electrons. The molecular weight excluding hydrogens is 333 g/mol. The zero-order chi connectivity index (χ0) is 14.5. The van der Waals surface area contributed by atoms with Gasteiger partial charge in [-0.1, -0.05) is 29.6 Å². The van der Waals surface area contributed by atoms with E-state index in [1.807, 2.05) is 6.92 Å². The van der Waals surface area contributed by atoms with Crippen LogP contribution in [-0.4, -0.2) is 36.6 Å². The number of halogens is 3. The minimum Gasteiger partial charge on any atom is -1.00 e. The van der Waals surface area contributed by atoms with E-state index in [0.29, 0.717) is 15.6 Å². The minimum atomic E-state index is -0.392. The lowest BCUT2D eigenvalue weighted by Gasteiger charge is -2.28. The smallest absolute Gasteiger partial charge is 0.339 e. The number of hydrogen-bond donors (Lipinski definition) is 0. The van der Waals surface area contributed by atoms with Crippen molar-refractivity contribution < 1.29 is 21.9 Å².